The van der Waals surface area contributed by atoms with Crippen molar-refractivity contribution >= 4 is 9.90 Å². The number of rotatable bonds is 0. The molecule has 0 rings (SSSR count). The Kier molecular flexibility index (Phi) is 222. The Morgan fingerprint density at radius 2 is 0.500 bits per heavy atom. The molecule has 0 bridgehead atoms. The second kappa shape index (κ2) is 31.5. The van der Waals surface area contributed by atoms with E-state index in [2.05, 4.69) is 0 Å². The predicted molar refractivity (Wildman–Crippen MR) is 6.92 cm³/mol. The van der Waals surface area contributed by atoms with E-state index in [1.807, 2.05) is 0 Å². The van der Waals surface area contributed by atoms with Crippen molar-refractivity contribution in [1.29, 1.82) is 0 Å². The molecule has 6 heavy (non-hydrogen) atoms. The van der Waals surface area contributed by atoms with Crippen molar-refractivity contribution in [3.05, 3.63) is 0 Å². The van der Waals surface area contributed by atoms with Gasteiger partial charge in [-0.2, -0.15) is 0 Å². The predicted octanol–water partition coefficient (Wildman–Crippen LogP) is -14.1. The third kappa shape index (κ3) is 22.7. The fourth-order valence-corrected chi connectivity index (χ4v) is 0. The van der Waals surface area contributed by atoms with Crippen LogP contribution in [0.25, 0.3) is 0 Å². The van der Waals surface area contributed by atoms with E-state index in [9.17, 15) is 0 Å². The van der Waals surface area contributed by atoms with E-state index in [-0.39, 0.29) is 175 Å². The van der Waals surface area contributed by atoms with Crippen LogP contribution in [-0.2, 0) is 0 Å². The molecule has 0 aromatic rings. The average Bonchev–Trinajstić information content (AvgIpc) is 0. The van der Waals surface area contributed by atoms with Gasteiger partial charge in [0.25, 0.3) is 0 Å². The smallest absolute Gasteiger partial charge is 1.00 e. The maximum Gasteiger partial charge on any atom is 3.00 e. The van der Waals surface area contributed by atoms with Gasteiger partial charge in [-0.05, 0) is 0 Å². The van der Waals surface area contributed by atoms with Gasteiger partial charge in [-0.25, -0.2) is 0 Å². The van der Waals surface area contributed by atoms with Crippen molar-refractivity contribution in [1.82, 2.24) is 0 Å². The maximum absolute atomic E-state index is 0. The Balaban J connectivity index is 0. The first-order valence-electron chi connectivity index (χ1n) is 0. The minimum atomic E-state index is 0. The summed E-state index contributed by atoms with van der Waals surface area (Å²) in [7, 11) is 0. The van der Waals surface area contributed by atoms with Gasteiger partial charge in [-0.3, -0.25) is 0 Å². The molecular weight excluding hydrogens is 671 g/mol. The van der Waals surface area contributed by atoms with Gasteiger partial charge in [-0.1, -0.05) is 0 Å². The molecule has 0 unspecified atom stereocenters. The van der Waals surface area contributed by atoms with Gasteiger partial charge >= 0.3 is 78.8 Å². The monoisotopic (exact) mass is 671 g/mol. The van der Waals surface area contributed by atoms with Gasteiger partial charge in [0.2, 0.25) is 0 Å². The van der Waals surface area contributed by atoms with Crippen molar-refractivity contribution in [2.45, 2.75) is 0 Å². The molecule has 0 N–H and O–H groups in total. The minimum Gasteiger partial charge on any atom is -1.00 e. The molecule has 6 heteroatoms. The second-order valence-corrected chi connectivity index (χ2v) is 0. The molecule has 0 aliphatic rings. The molecule has 0 amide bonds. The molecule has 0 aromatic heterocycles. The van der Waals surface area contributed by atoms with E-state index < -0.39 is 0 Å². The first kappa shape index (κ1) is 42.3. The van der Waals surface area contributed by atoms with Crippen LogP contribution in [0.5, 0.6) is 0 Å². The quantitative estimate of drug-likeness (QED) is 0.178. The summed E-state index contributed by atoms with van der Waals surface area (Å²) < 4.78 is 0. The van der Waals surface area contributed by atoms with Crippen molar-refractivity contribution in [3.63, 3.8) is 0 Å². The molecule has 0 spiro atoms. The molecule has 0 fully saturated rings. The number of hydrogen-bond acceptors (Lipinski definition) is 0. The van der Waals surface area contributed by atoms with E-state index in [1.54, 1.807) is 0 Å². The molecule has 0 saturated heterocycles. The Morgan fingerprint density at radius 1 is 0.500 bits per heavy atom. The molecule has 0 aliphatic carbocycles. The van der Waals surface area contributed by atoms with Crippen LogP contribution in [0, 0.1) is 0 Å². The van der Waals surface area contributed by atoms with Crippen LogP contribution in [0.3, 0.4) is 0 Å². The fourth-order valence-electron chi connectivity index (χ4n) is 0. The summed E-state index contributed by atoms with van der Waals surface area (Å²) in [5.74, 6) is 0. The summed E-state index contributed by atoms with van der Waals surface area (Å²) in [6.07, 6.45) is 0. The molecule has 34 valence electrons. The normalized spacial score (nSPS) is 0. The van der Waals surface area contributed by atoms with Gasteiger partial charge in [0.1, 0.15) is 0 Å². The first-order valence-corrected chi connectivity index (χ1v) is 0. The van der Waals surface area contributed by atoms with Gasteiger partial charge in [0.15, 0.2) is 0 Å². The van der Waals surface area contributed by atoms with Crippen LogP contribution in [0.4, 0.5) is 0 Å². The Bertz CT molecular complexity index is 7.51. The third-order valence-corrected chi connectivity index (χ3v) is 0. The van der Waals surface area contributed by atoms with Gasteiger partial charge < -0.3 is 95.9 Å². The van der Waals surface area contributed by atoms with E-state index in [0.29, 0.717) is 0 Å². The summed E-state index contributed by atoms with van der Waals surface area (Å²) >= 11 is 0. The minimum absolute atomic E-state index is 0. The molecular formula is CsI4P. The summed E-state index contributed by atoms with van der Waals surface area (Å²) in [5, 5.41) is 0. The largest absolute Gasteiger partial charge is 3.00 e. The number of hydrogen-bond donors (Lipinski definition) is 0. The van der Waals surface area contributed by atoms with E-state index in [1.165, 1.54) is 0 Å². The summed E-state index contributed by atoms with van der Waals surface area (Å²) in [5.41, 5.74) is 0. The molecule has 0 saturated carbocycles. The van der Waals surface area contributed by atoms with E-state index in [0.717, 1.165) is 0 Å². The zero-order valence-electron chi connectivity index (χ0n) is 2.96. The first-order chi connectivity index (χ1) is 0. The maximum atomic E-state index is 0. The molecule has 0 heterocycles. The van der Waals surface area contributed by atoms with Crippen molar-refractivity contribution < 1.29 is 165 Å². The van der Waals surface area contributed by atoms with Gasteiger partial charge in [0, 0.05) is 0 Å². The summed E-state index contributed by atoms with van der Waals surface area (Å²) in [4.78, 5) is 0. The zero-order chi connectivity index (χ0) is 0. The van der Waals surface area contributed by atoms with Crippen LogP contribution in [-0.4, -0.2) is 0 Å². The second-order valence-electron chi connectivity index (χ2n) is 0. The molecule has 0 aromatic carbocycles. The third-order valence-electron chi connectivity index (χ3n) is 0. The molecule has 0 nitrogen and oxygen atoms in total. The topological polar surface area (TPSA) is 0 Å². The van der Waals surface area contributed by atoms with Crippen LogP contribution in [0.1, 0.15) is 0 Å². The standard InChI is InChI=1S/Cs.4HI.P/h;4*1H;/q+1;;;;;+3/p-4. The SMILES string of the molecule is [Cs+].[I-].[I-].[I-].[I-].[P+3]. The van der Waals surface area contributed by atoms with Gasteiger partial charge in [-0.15, -0.1) is 0 Å². The van der Waals surface area contributed by atoms with Crippen LogP contribution < -0.4 is 165 Å². The zero-order valence-corrected chi connectivity index (χ0v) is 18.8. The Labute approximate surface area is 169 Å². The van der Waals surface area contributed by atoms with Crippen molar-refractivity contribution in [2.24, 2.45) is 0 Å². The fraction of sp³-hybridized carbons (Fsp3) is 0. The van der Waals surface area contributed by atoms with Crippen molar-refractivity contribution in [3.8, 4) is 0 Å². The van der Waals surface area contributed by atoms with Gasteiger partial charge in [0.05, 0.1) is 0 Å². The Morgan fingerprint density at radius 3 is 0.500 bits per heavy atom. The summed E-state index contributed by atoms with van der Waals surface area (Å²) in [6.45, 7) is 0. The van der Waals surface area contributed by atoms with E-state index >= 15 is 0 Å². The molecule has 0 aliphatic heterocycles. The summed E-state index contributed by atoms with van der Waals surface area (Å²) in [6, 6.07) is 0. The van der Waals surface area contributed by atoms with Crippen LogP contribution in [0.15, 0.2) is 0 Å². The van der Waals surface area contributed by atoms with Crippen LogP contribution >= 0.6 is 9.90 Å². The molecule has 0 atom stereocenters. The van der Waals surface area contributed by atoms with Crippen molar-refractivity contribution in [2.75, 3.05) is 0 Å². The van der Waals surface area contributed by atoms with Crippen LogP contribution in [0.2, 0.25) is 0 Å². The average molecular weight is 671 g/mol. The van der Waals surface area contributed by atoms with E-state index in [4.69, 9.17) is 0 Å². The molecule has 2 radical (unpaired) electrons. The number of halogens is 4. The Hall–Kier alpha value is 5.40.